The van der Waals surface area contributed by atoms with E-state index < -0.39 is 5.82 Å². The summed E-state index contributed by atoms with van der Waals surface area (Å²) in [6, 6.07) is 7.50. The van der Waals surface area contributed by atoms with E-state index >= 15 is 0 Å². The van der Waals surface area contributed by atoms with Gasteiger partial charge in [-0.3, -0.25) is 9.69 Å². The quantitative estimate of drug-likeness (QED) is 0.468. The number of aliphatic hydroxyl groups is 1. The Labute approximate surface area is 213 Å². The number of nitrogens with zero attached hydrogens (tertiary/aromatic N) is 4. The number of likely N-dealkylation sites (N-methyl/N-ethyl adjacent to an activating group) is 2. The minimum atomic E-state index is -0.582. The lowest BCUT2D eigenvalue weighted by molar-refractivity contribution is -0.136. The molecular formula is C25H29ClFN5O4. The van der Waals surface area contributed by atoms with Crippen LogP contribution in [-0.4, -0.2) is 83.3 Å². The highest BCUT2D eigenvalue weighted by Gasteiger charge is 2.38. The fourth-order valence-corrected chi connectivity index (χ4v) is 4.40. The van der Waals surface area contributed by atoms with E-state index in [0.717, 1.165) is 0 Å². The lowest BCUT2D eigenvalue weighted by Crippen LogP contribution is -2.47. The van der Waals surface area contributed by atoms with Crippen LogP contribution in [0.5, 0.6) is 11.5 Å². The number of aliphatic hydroxyl groups excluding tert-OH is 1. The maximum absolute atomic E-state index is 14.5. The number of carbonyl (C=O) groups excluding carboxylic acids is 1. The summed E-state index contributed by atoms with van der Waals surface area (Å²) in [4.78, 5) is 25.0. The summed E-state index contributed by atoms with van der Waals surface area (Å²) in [5.74, 6) is 0.660. The second kappa shape index (κ2) is 10.8. The zero-order valence-electron chi connectivity index (χ0n) is 20.5. The van der Waals surface area contributed by atoms with Crippen molar-refractivity contribution in [1.29, 1.82) is 0 Å². The number of hydrogen-bond acceptors (Lipinski definition) is 8. The van der Waals surface area contributed by atoms with Gasteiger partial charge in [-0.05, 0) is 32.2 Å². The van der Waals surface area contributed by atoms with E-state index in [4.69, 9.17) is 21.1 Å². The smallest absolute Gasteiger partial charge is 0.240 e. The normalized spacial score (nSPS) is 18.8. The monoisotopic (exact) mass is 517 g/mol. The Morgan fingerprint density at radius 3 is 2.86 bits per heavy atom. The van der Waals surface area contributed by atoms with Crippen LogP contribution in [0.15, 0.2) is 36.7 Å². The van der Waals surface area contributed by atoms with Crippen LogP contribution in [0.2, 0.25) is 5.02 Å². The van der Waals surface area contributed by atoms with Crippen molar-refractivity contribution in [3.05, 3.63) is 47.5 Å². The van der Waals surface area contributed by atoms with Crippen molar-refractivity contribution < 1.29 is 23.8 Å². The van der Waals surface area contributed by atoms with E-state index in [1.807, 2.05) is 11.9 Å². The van der Waals surface area contributed by atoms with Gasteiger partial charge in [0.2, 0.25) is 5.91 Å². The fourth-order valence-electron chi connectivity index (χ4n) is 4.22. The molecule has 1 aliphatic heterocycles. The standard InChI is InChI=1S/C25H29ClFN5O4/c1-14(12-33)32(3)25(34)20-8-15(11-31(20)2)36-22-9-16-19(10-21(22)35-4)28-13-29-24(16)30-18-7-5-6-17(26)23(18)27/h5-7,9-10,13-15,20,33H,8,11-12H2,1-4H3,(H,28,29,30)/t14-,15+,20-/m1/s1. The van der Waals surface area contributed by atoms with Crippen LogP contribution < -0.4 is 14.8 Å². The minimum Gasteiger partial charge on any atom is -0.493 e. The van der Waals surface area contributed by atoms with Gasteiger partial charge in [0, 0.05) is 31.5 Å². The van der Waals surface area contributed by atoms with Gasteiger partial charge in [-0.25, -0.2) is 14.4 Å². The molecule has 9 nitrogen and oxygen atoms in total. The first kappa shape index (κ1) is 25.9. The second-order valence-corrected chi connectivity index (χ2v) is 9.29. The van der Waals surface area contributed by atoms with Crippen molar-refractivity contribution >= 4 is 39.9 Å². The number of anilines is 2. The van der Waals surface area contributed by atoms with Crippen LogP contribution in [0.1, 0.15) is 13.3 Å². The number of likely N-dealkylation sites (tertiary alicyclic amines) is 1. The Morgan fingerprint density at radius 1 is 1.36 bits per heavy atom. The van der Waals surface area contributed by atoms with Gasteiger partial charge in [0.05, 0.1) is 42.0 Å². The molecule has 1 saturated heterocycles. The van der Waals surface area contributed by atoms with Gasteiger partial charge in [0.15, 0.2) is 17.3 Å². The molecule has 1 aromatic heterocycles. The summed E-state index contributed by atoms with van der Waals surface area (Å²) in [5, 5.41) is 13.0. The number of benzene rings is 2. The molecule has 2 heterocycles. The molecule has 36 heavy (non-hydrogen) atoms. The molecule has 0 aliphatic carbocycles. The summed E-state index contributed by atoms with van der Waals surface area (Å²) in [6.07, 6.45) is 1.57. The van der Waals surface area contributed by atoms with Crippen LogP contribution >= 0.6 is 11.6 Å². The lowest BCUT2D eigenvalue weighted by Gasteiger charge is -2.28. The zero-order chi connectivity index (χ0) is 26.0. The molecule has 0 radical (unpaired) electrons. The molecule has 3 atom stereocenters. The SMILES string of the molecule is COc1cc2ncnc(Nc3cccc(Cl)c3F)c2cc1O[C@H]1C[C@H](C(=O)N(C)[C@H](C)CO)N(C)C1. The number of hydrogen-bond donors (Lipinski definition) is 2. The maximum atomic E-state index is 14.5. The number of nitrogens with one attached hydrogen (secondary N) is 1. The van der Waals surface area contributed by atoms with Crippen molar-refractivity contribution in [2.45, 2.75) is 31.5 Å². The van der Waals surface area contributed by atoms with Gasteiger partial charge in [0.25, 0.3) is 0 Å². The zero-order valence-corrected chi connectivity index (χ0v) is 21.3. The summed E-state index contributed by atoms with van der Waals surface area (Å²) in [5.41, 5.74) is 0.760. The van der Waals surface area contributed by atoms with Gasteiger partial charge < -0.3 is 24.8 Å². The van der Waals surface area contributed by atoms with Gasteiger partial charge in [-0.15, -0.1) is 0 Å². The Balaban J connectivity index is 1.60. The molecule has 3 aromatic rings. The molecule has 192 valence electrons. The molecule has 1 aliphatic rings. The van der Waals surface area contributed by atoms with Gasteiger partial charge in [-0.2, -0.15) is 0 Å². The number of fused-ring (bicyclic) bond motifs is 1. The number of aromatic nitrogens is 2. The van der Waals surface area contributed by atoms with Crippen molar-refractivity contribution in [2.24, 2.45) is 0 Å². The van der Waals surface area contributed by atoms with Crippen molar-refractivity contribution in [3.8, 4) is 11.5 Å². The molecule has 2 N–H and O–H groups in total. The average Bonchev–Trinajstić information content (AvgIpc) is 3.24. The molecule has 11 heteroatoms. The van der Waals surface area contributed by atoms with Crippen LogP contribution in [0.4, 0.5) is 15.9 Å². The van der Waals surface area contributed by atoms with E-state index in [2.05, 4.69) is 15.3 Å². The number of amides is 1. The van der Waals surface area contributed by atoms with Crippen molar-refractivity contribution in [2.75, 3.05) is 39.7 Å². The third kappa shape index (κ3) is 5.16. The van der Waals surface area contributed by atoms with Crippen LogP contribution in [-0.2, 0) is 4.79 Å². The highest BCUT2D eigenvalue weighted by atomic mass is 35.5. The largest absolute Gasteiger partial charge is 0.493 e. The number of halogens is 2. The molecule has 0 unspecified atom stereocenters. The minimum absolute atomic E-state index is 0.00228. The van der Waals surface area contributed by atoms with Crippen molar-refractivity contribution in [1.82, 2.24) is 19.8 Å². The Bertz CT molecular complexity index is 1260. The van der Waals surface area contributed by atoms with E-state index in [-0.39, 0.29) is 41.4 Å². The predicted octanol–water partition coefficient (Wildman–Crippen LogP) is 3.47. The Hall–Kier alpha value is -3.21. The third-order valence-electron chi connectivity index (χ3n) is 6.49. The summed E-state index contributed by atoms with van der Waals surface area (Å²) in [6.45, 7) is 2.22. The molecule has 1 amide bonds. The van der Waals surface area contributed by atoms with Crippen LogP contribution in [0.25, 0.3) is 10.9 Å². The van der Waals surface area contributed by atoms with Crippen molar-refractivity contribution in [3.63, 3.8) is 0 Å². The van der Waals surface area contributed by atoms with Crippen LogP contribution in [0.3, 0.4) is 0 Å². The fraction of sp³-hybridized carbons (Fsp3) is 0.400. The number of rotatable bonds is 8. The Morgan fingerprint density at radius 2 is 2.14 bits per heavy atom. The summed E-state index contributed by atoms with van der Waals surface area (Å²) >= 11 is 5.92. The first-order valence-electron chi connectivity index (χ1n) is 11.5. The van der Waals surface area contributed by atoms with E-state index in [1.165, 1.54) is 19.5 Å². The average molecular weight is 518 g/mol. The molecule has 0 saturated carbocycles. The number of ether oxygens (including phenoxy) is 2. The molecule has 4 rings (SSSR count). The van der Waals surface area contributed by atoms with E-state index in [1.54, 1.807) is 43.1 Å². The third-order valence-corrected chi connectivity index (χ3v) is 6.78. The molecule has 2 aromatic carbocycles. The first-order chi connectivity index (χ1) is 17.2. The van der Waals surface area contributed by atoms with E-state index in [9.17, 15) is 14.3 Å². The second-order valence-electron chi connectivity index (χ2n) is 8.88. The molecule has 1 fully saturated rings. The molecule has 0 bridgehead atoms. The first-order valence-corrected chi connectivity index (χ1v) is 11.9. The van der Waals surface area contributed by atoms with E-state index in [0.29, 0.717) is 41.2 Å². The lowest BCUT2D eigenvalue weighted by atomic mass is 10.1. The highest BCUT2D eigenvalue weighted by Crippen LogP contribution is 2.37. The topological polar surface area (TPSA) is 100 Å². The van der Waals surface area contributed by atoms with Gasteiger partial charge in [-0.1, -0.05) is 17.7 Å². The summed E-state index contributed by atoms with van der Waals surface area (Å²) in [7, 11) is 5.10. The predicted molar refractivity (Wildman–Crippen MR) is 136 cm³/mol. The highest BCUT2D eigenvalue weighted by molar-refractivity contribution is 6.31. The van der Waals surface area contributed by atoms with Crippen LogP contribution in [0, 0.1) is 5.82 Å². The number of methoxy groups -OCH3 is 1. The van der Waals surface area contributed by atoms with Gasteiger partial charge >= 0.3 is 0 Å². The molecular weight excluding hydrogens is 489 g/mol. The summed E-state index contributed by atoms with van der Waals surface area (Å²) < 4.78 is 26.3. The number of carbonyl (C=O) groups is 1. The Kier molecular flexibility index (Phi) is 7.77. The maximum Gasteiger partial charge on any atom is 0.240 e. The van der Waals surface area contributed by atoms with Gasteiger partial charge in [0.1, 0.15) is 18.2 Å². The molecule has 0 spiro atoms.